The topological polar surface area (TPSA) is 47.9 Å². The predicted octanol–water partition coefficient (Wildman–Crippen LogP) is 4.73. The van der Waals surface area contributed by atoms with Crippen LogP contribution in [0.1, 0.15) is 11.3 Å². The molecule has 22 heavy (non-hydrogen) atoms. The van der Waals surface area contributed by atoms with E-state index in [0.29, 0.717) is 11.0 Å². The molecule has 0 spiro atoms. The maximum Gasteiger partial charge on any atom is 0.388 e. The molecular formula is C14H10BrF2N3OS. The molecule has 8 heteroatoms. The van der Waals surface area contributed by atoms with E-state index in [1.807, 2.05) is 19.9 Å². The number of halogens is 3. The highest BCUT2D eigenvalue weighted by atomic mass is 79.9. The fraction of sp³-hybridized carbons (Fsp3) is 0.214. The smallest absolute Gasteiger partial charge is 0.388 e. The van der Waals surface area contributed by atoms with Crippen LogP contribution >= 0.6 is 27.3 Å². The van der Waals surface area contributed by atoms with Gasteiger partial charge in [0.25, 0.3) is 0 Å². The van der Waals surface area contributed by atoms with Crippen molar-refractivity contribution in [1.29, 1.82) is 0 Å². The van der Waals surface area contributed by atoms with E-state index in [0.717, 1.165) is 25.6 Å². The molecule has 0 bridgehead atoms. The van der Waals surface area contributed by atoms with E-state index in [1.165, 1.54) is 17.5 Å². The first kappa shape index (κ1) is 15.2. The highest BCUT2D eigenvalue weighted by Gasteiger charge is 2.15. The van der Waals surface area contributed by atoms with Crippen LogP contribution in [0.3, 0.4) is 0 Å². The number of benzene rings is 1. The second-order valence-electron chi connectivity index (χ2n) is 4.65. The van der Waals surface area contributed by atoms with Crippen molar-refractivity contribution < 1.29 is 13.5 Å². The second-order valence-corrected chi connectivity index (χ2v) is 6.96. The summed E-state index contributed by atoms with van der Waals surface area (Å²) in [5.74, 6) is -0.199. The van der Waals surface area contributed by atoms with Gasteiger partial charge in [-0.3, -0.25) is 0 Å². The number of nitrogens with zero attached hydrogens (tertiary/aromatic N) is 3. The Labute approximate surface area is 137 Å². The van der Waals surface area contributed by atoms with Gasteiger partial charge in [-0.05, 0) is 47.5 Å². The van der Waals surface area contributed by atoms with Crippen molar-refractivity contribution in [2.45, 2.75) is 20.5 Å². The molecule has 2 aromatic heterocycles. The zero-order valence-corrected chi connectivity index (χ0v) is 14.0. The van der Waals surface area contributed by atoms with Gasteiger partial charge in [-0.2, -0.15) is 8.78 Å². The van der Waals surface area contributed by atoms with E-state index in [4.69, 9.17) is 0 Å². The van der Waals surface area contributed by atoms with Crippen molar-refractivity contribution in [1.82, 2.24) is 15.0 Å². The number of hydrogen-bond donors (Lipinski definition) is 0. The van der Waals surface area contributed by atoms with Gasteiger partial charge in [0.2, 0.25) is 5.88 Å². The van der Waals surface area contributed by atoms with Gasteiger partial charge < -0.3 is 4.74 Å². The van der Waals surface area contributed by atoms with Gasteiger partial charge in [0.15, 0.2) is 0 Å². The molecule has 0 radical (unpaired) electrons. The summed E-state index contributed by atoms with van der Waals surface area (Å²) in [7, 11) is 0. The number of rotatable bonds is 3. The van der Waals surface area contributed by atoms with Crippen LogP contribution in [-0.2, 0) is 0 Å². The van der Waals surface area contributed by atoms with Crippen molar-refractivity contribution >= 4 is 38.3 Å². The van der Waals surface area contributed by atoms with Crippen molar-refractivity contribution in [2.75, 3.05) is 0 Å². The molecule has 3 aromatic rings. The molecule has 0 N–H and O–H groups in total. The number of thiazole rings is 1. The Bertz CT molecular complexity index is 834. The molecule has 3 rings (SSSR count). The number of aryl methyl sites for hydroxylation is 2. The lowest BCUT2D eigenvalue weighted by Gasteiger charge is -2.07. The molecule has 0 saturated heterocycles. The zero-order chi connectivity index (χ0) is 15.9. The van der Waals surface area contributed by atoms with Crippen LogP contribution in [0.2, 0.25) is 0 Å². The Morgan fingerprint density at radius 1 is 1.23 bits per heavy atom. The van der Waals surface area contributed by atoms with Crippen molar-refractivity contribution in [3.8, 4) is 16.5 Å². The number of aromatic nitrogens is 3. The van der Waals surface area contributed by atoms with Crippen LogP contribution in [0.15, 0.2) is 22.1 Å². The number of ether oxygens (including phenoxy) is 1. The van der Waals surface area contributed by atoms with Crippen LogP contribution in [0.5, 0.6) is 5.88 Å². The van der Waals surface area contributed by atoms with E-state index in [9.17, 15) is 8.78 Å². The molecule has 0 fully saturated rings. The normalized spacial score (nSPS) is 11.4. The molecule has 0 aliphatic carbocycles. The van der Waals surface area contributed by atoms with E-state index in [1.54, 1.807) is 6.07 Å². The fourth-order valence-corrected chi connectivity index (χ4v) is 3.41. The Kier molecular flexibility index (Phi) is 4.05. The van der Waals surface area contributed by atoms with Gasteiger partial charge in [0, 0.05) is 5.56 Å². The summed E-state index contributed by atoms with van der Waals surface area (Å²) in [6, 6.07) is 3.73. The number of alkyl halides is 2. The summed E-state index contributed by atoms with van der Waals surface area (Å²) >= 11 is 4.94. The van der Waals surface area contributed by atoms with Gasteiger partial charge >= 0.3 is 6.61 Å². The lowest BCUT2D eigenvalue weighted by molar-refractivity contribution is -0.0528. The highest BCUT2D eigenvalue weighted by molar-refractivity contribution is 9.11. The first-order chi connectivity index (χ1) is 10.4. The summed E-state index contributed by atoms with van der Waals surface area (Å²) in [5, 5.41) is 0.801. The Morgan fingerprint density at radius 3 is 2.64 bits per heavy atom. The predicted molar refractivity (Wildman–Crippen MR) is 84.5 cm³/mol. The van der Waals surface area contributed by atoms with Crippen molar-refractivity contribution in [3.05, 3.63) is 33.4 Å². The van der Waals surface area contributed by atoms with E-state index in [-0.39, 0.29) is 5.88 Å². The second kappa shape index (κ2) is 5.85. The molecule has 114 valence electrons. The highest BCUT2D eigenvalue weighted by Crippen LogP contribution is 2.35. The first-order valence-electron chi connectivity index (χ1n) is 6.29. The van der Waals surface area contributed by atoms with Gasteiger partial charge in [0.1, 0.15) is 5.01 Å². The Hall–Kier alpha value is -1.67. The van der Waals surface area contributed by atoms with Gasteiger partial charge in [-0.25, -0.2) is 15.0 Å². The maximum atomic E-state index is 12.3. The molecule has 0 amide bonds. The van der Waals surface area contributed by atoms with E-state index in [2.05, 4.69) is 35.6 Å². The summed E-state index contributed by atoms with van der Waals surface area (Å²) < 4.78 is 29.8. The molecule has 2 heterocycles. The first-order valence-corrected chi connectivity index (χ1v) is 7.90. The van der Waals surface area contributed by atoms with E-state index >= 15 is 0 Å². The van der Waals surface area contributed by atoms with Crippen LogP contribution in [0.25, 0.3) is 21.6 Å². The van der Waals surface area contributed by atoms with Gasteiger partial charge in [-0.1, -0.05) is 0 Å². The number of fused-ring (bicyclic) bond motifs is 1. The molecule has 0 aliphatic heterocycles. The zero-order valence-electron chi connectivity index (χ0n) is 11.6. The molecule has 4 nitrogen and oxygen atoms in total. The quantitative estimate of drug-likeness (QED) is 0.653. The van der Waals surface area contributed by atoms with Crippen molar-refractivity contribution in [3.63, 3.8) is 0 Å². The number of hydrogen-bond acceptors (Lipinski definition) is 5. The van der Waals surface area contributed by atoms with Gasteiger partial charge in [-0.15, -0.1) is 11.3 Å². The van der Waals surface area contributed by atoms with E-state index < -0.39 is 6.61 Å². The monoisotopic (exact) mass is 385 g/mol. The maximum absolute atomic E-state index is 12.3. The third-order valence-electron chi connectivity index (χ3n) is 2.95. The SMILES string of the molecule is Cc1cc(-c2nc(C)c(Br)s2)c2ncc(OC(F)F)nc2c1. The minimum absolute atomic E-state index is 0.199. The summed E-state index contributed by atoms with van der Waals surface area (Å²) in [6.07, 6.45) is 1.20. The lowest BCUT2D eigenvalue weighted by Crippen LogP contribution is -2.04. The average Bonchev–Trinajstić information content (AvgIpc) is 2.76. The molecule has 0 unspecified atom stereocenters. The lowest BCUT2D eigenvalue weighted by atomic mass is 10.1. The van der Waals surface area contributed by atoms with Crippen LogP contribution < -0.4 is 4.74 Å². The summed E-state index contributed by atoms with van der Waals surface area (Å²) in [6.45, 7) is 0.886. The molecule has 1 aromatic carbocycles. The van der Waals surface area contributed by atoms with Gasteiger partial charge in [0.05, 0.1) is 26.7 Å². The summed E-state index contributed by atoms with van der Waals surface area (Å²) in [4.78, 5) is 12.8. The minimum Gasteiger partial charge on any atom is -0.415 e. The Morgan fingerprint density at radius 2 is 2.00 bits per heavy atom. The van der Waals surface area contributed by atoms with Crippen LogP contribution in [-0.4, -0.2) is 21.6 Å². The molecular weight excluding hydrogens is 376 g/mol. The standard InChI is InChI=1S/C14H10BrF2N3OS/c1-6-3-8(13-19-7(2)12(15)22-13)11-9(4-6)20-10(5-18-11)21-14(16)17/h3-5,14H,1-2H3. The minimum atomic E-state index is -2.92. The fourth-order valence-electron chi connectivity index (χ4n) is 2.05. The van der Waals surface area contributed by atoms with Crippen LogP contribution in [0, 0.1) is 13.8 Å². The molecule has 0 atom stereocenters. The summed E-state index contributed by atoms with van der Waals surface area (Å²) in [5.41, 5.74) is 3.76. The average molecular weight is 386 g/mol. The third kappa shape index (κ3) is 2.93. The molecule has 0 aliphatic rings. The van der Waals surface area contributed by atoms with Crippen LogP contribution in [0.4, 0.5) is 8.78 Å². The Balaban J connectivity index is 2.18. The largest absolute Gasteiger partial charge is 0.415 e. The molecule has 0 saturated carbocycles. The van der Waals surface area contributed by atoms with Crippen molar-refractivity contribution in [2.24, 2.45) is 0 Å². The third-order valence-corrected chi connectivity index (χ3v) is 4.99.